The van der Waals surface area contributed by atoms with Gasteiger partial charge in [-0.1, -0.05) is 0 Å². The second-order valence-corrected chi connectivity index (χ2v) is 6.95. The molecule has 2 aromatic rings. The van der Waals surface area contributed by atoms with Crippen molar-refractivity contribution in [2.75, 3.05) is 54.9 Å². The molecule has 0 saturated carbocycles. The Morgan fingerprint density at radius 3 is 2.57 bits per heavy atom. The van der Waals surface area contributed by atoms with Crippen molar-refractivity contribution in [1.82, 2.24) is 25.3 Å². The van der Waals surface area contributed by atoms with E-state index in [0.29, 0.717) is 62.3 Å². The number of hydrogen-bond donors (Lipinski definition) is 3. The summed E-state index contributed by atoms with van der Waals surface area (Å²) < 4.78 is 5.42. The van der Waals surface area contributed by atoms with Crippen LogP contribution in [0.5, 0.6) is 0 Å². The molecule has 30 heavy (non-hydrogen) atoms. The molecular formula is C18H23N9O3. The Balaban J connectivity index is 1.69. The smallest absolute Gasteiger partial charge is 0.323 e. The van der Waals surface area contributed by atoms with Gasteiger partial charge in [0.2, 0.25) is 17.8 Å². The van der Waals surface area contributed by atoms with Crippen LogP contribution >= 0.6 is 0 Å². The molecule has 1 fully saturated rings. The fraction of sp³-hybridized carbons (Fsp3) is 0.444. The first-order valence-corrected chi connectivity index (χ1v) is 9.68. The van der Waals surface area contributed by atoms with Crippen LogP contribution in [0.25, 0.3) is 11.3 Å². The van der Waals surface area contributed by atoms with Gasteiger partial charge in [-0.05, 0) is 6.42 Å². The number of urea groups is 1. The van der Waals surface area contributed by atoms with Gasteiger partial charge in [0.15, 0.2) is 0 Å². The lowest BCUT2D eigenvalue weighted by Gasteiger charge is -2.28. The highest BCUT2D eigenvalue weighted by Gasteiger charge is 2.31. The predicted molar refractivity (Wildman–Crippen MR) is 109 cm³/mol. The molecule has 5 N–H and O–H groups in total. The lowest BCUT2D eigenvalue weighted by atomic mass is 10.1. The highest BCUT2D eigenvalue weighted by Crippen LogP contribution is 2.35. The van der Waals surface area contributed by atoms with E-state index in [1.54, 1.807) is 17.3 Å². The summed E-state index contributed by atoms with van der Waals surface area (Å²) >= 11 is 0. The maximum Gasteiger partial charge on any atom is 0.323 e. The monoisotopic (exact) mass is 413 g/mol. The minimum atomic E-state index is -0.473. The van der Waals surface area contributed by atoms with Gasteiger partial charge in [0.1, 0.15) is 5.82 Å². The number of nitrogens with one attached hydrogen (secondary N) is 1. The number of aromatic nitrogens is 4. The van der Waals surface area contributed by atoms with Gasteiger partial charge >= 0.3 is 6.03 Å². The van der Waals surface area contributed by atoms with Crippen LogP contribution in [0.2, 0.25) is 0 Å². The Hall–Kier alpha value is -3.54. The molecule has 1 saturated heterocycles. The first-order valence-electron chi connectivity index (χ1n) is 9.68. The molecule has 0 aromatic carbocycles. The standard InChI is InChI=1S/C18H23N9O3/c19-13(28)1-3-21-18(29)27-4-2-12-14(11-9-22-16(20)23-10-11)24-17(25-15(12)27)26-5-7-30-8-6-26/h9-10H,1-8H2,(H2,19,28)(H,21,29)(H2,20,22,23). The summed E-state index contributed by atoms with van der Waals surface area (Å²) in [6.45, 7) is 3.08. The third-order valence-electron chi connectivity index (χ3n) is 4.95. The second kappa shape index (κ2) is 8.45. The summed E-state index contributed by atoms with van der Waals surface area (Å²) in [7, 11) is 0. The van der Waals surface area contributed by atoms with Crippen LogP contribution < -0.4 is 26.6 Å². The van der Waals surface area contributed by atoms with E-state index in [1.165, 1.54) is 0 Å². The van der Waals surface area contributed by atoms with Crippen molar-refractivity contribution in [3.8, 4) is 11.3 Å². The highest BCUT2D eigenvalue weighted by atomic mass is 16.5. The van der Waals surface area contributed by atoms with E-state index in [4.69, 9.17) is 26.2 Å². The summed E-state index contributed by atoms with van der Waals surface area (Å²) in [5.41, 5.74) is 13.0. The third-order valence-corrected chi connectivity index (χ3v) is 4.95. The van der Waals surface area contributed by atoms with E-state index in [0.717, 1.165) is 5.56 Å². The number of rotatable bonds is 5. The minimum Gasteiger partial charge on any atom is -0.378 e. The summed E-state index contributed by atoms with van der Waals surface area (Å²) in [5.74, 6) is 0.753. The number of amides is 3. The van der Waals surface area contributed by atoms with Crippen molar-refractivity contribution in [3.05, 3.63) is 18.0 Å². The van der Waals surface area contributed by atoms with Crippen LogP contribution in [0.1, 0.15) is 12.0 Å². The van der Waals surface area contributed by atoms with Gasteiger partial charge in [-0.2, -0.15) is 4.98 Å². The van der Waals surface area contributed by atoms with E-state index < -0.39 is 5.91 Å². The Morgan fingerprint density at radius 2 is 1.87 bits per heavy atom. The molecular weight excluding hydrogens is 390 g/mol. The SMILES string of the molecule is NC(=O)CCNC(=O)N1CCc2c(-c3cnc(N)nc3)nc(N3CCOCC3)nc21. The number of anilines is 3. The maximum absolute atomic E-state index is 12.7. The molecule has 0 atom stereocenters. The largest absolute Gasteiger partial charge is 0.378 e. The molecule has 12 heteroatoms. The van der Waals surface area contributed by atoms with Gasteiger partial charge in [0.05, 0.1) is 18.9 Å². The second-order valence-electron chi connectivity index (χ2n) is 6.95. The molecule has 2 aliphatic rings. The molecule has 0 bridgehead atoms. The van der Waals surface area contributed by atoms with E-state index >= 15 is 0 Å². The molecule has 0 spiro atoms. The zero-order valence-electron chi connectivity index (χ0n) is 16.4. The number of carbonyl (C=O) groups is 2. The van der Waals surface area contributed by atoms with Crippen LogP contribution in [0.4, 0.5) is 22.5 Å². The third kappa shape index (κ3) is 4.08. The molecule has 3 amide bonds. The van der Waals surface area contributed by atoms with E-state index in [9.17, 15) is 9.59 Å². The molecule has 2 aliphatic heterocycles. The predicted octanol–water partition coefficient (Wildman–Crippen LogP) is -0.700. The van der Waals surface area contributed by atoms with Crippen LogP contribution in [-0.4, -0.2) is 71.3 Å². The lowest BCUT2D eigenvalue weighted by Crippen LogP contribution is -2.41. The van der Waals surface area contributed by atoms with E-state index in [2.05, 4.69) is 15.3 Å². The number of morpholine rings is 1. The number of carbonyl (C=O) groups excluding carboxylic acids is 2. The van der Waals surface area contributed by atoms with Gasteiger partial charge in [0, 0.05) is 56.1 Å². The van der Waals surface area contributed by atoms with Gasteiger partial charge in [-0.25, -0.2) is 19.7 Å². The Bertz CT molecular complexity index is 945. The van der Waals surface area contributed by atoms with Gasteiger partial charge in [-0.15, -0.1) is 0 Å². The number of nitrogens with two attached hydrogens (primary N) is 2. The minimum absolute atomic E-state index is 0.0727. The summed E-state index contributed by atoms with van der Waals surface area (Å²) in [5, 5.41) is 2.71. The average molecular weight is 413 g/mol. The molecule has 2 aromatic heterocycles. The van der Waals surface area contributed by atoms with E-state index in [1.807, 2.05) is 4.90 Å². The van der Waals surface area contributed by atoms with Crippen LogP contribution in [-0.2, 0) is 16.0 Å². The highest BCUT2D eigenvalue weighted by molar-refractivity contribution is 5.94. The fourth-order valence-corrected chi connectivity index (χ4v) is 3.43. The Morgan fingerprint density at radius 1 is 1.13 bits per heavy atom. The summed E-state index contributed by atoms with van der Waals surface area (Å²) in [6.07, 6.45) is 3.89. The first-order chi connectivity index (χ1) is 14.5. The quantitative estimate of drug-likeness (QED) is 0.574. The topological polar surface area (TPSA) is 165 Å². The number of hydrogen-bond acceptors (Lipinski definition) is 9. The van der Waals surface area contributed by atoms with Gasteiger partial charge < -0.3 is 26.4 Å². The normalized spacial score (nSPS) is 15.7. The van der Waals surface area contributed by atoms with E-state index in [-0.39, 0.29) is 24.9 Å². The molecule has 0 unspecified atom stereocenters. The summed E-state index contributed by atoms with van der Waals surface area (Å²) in [4.78, 5) is 44.8. The van der Waals surface area contributed by atoms with Crippen molar-refractivity contribution in [1.29, 1.82) is 0 Å². The van der Waals surface area contributed by atoms with Crippen molar-refractivity contribution >= 4 is 29.7 Å². The number of nitrogen functional groups attached to an aromatic ring is 1. The number of fused-ring (bicyclic) bond motifs is 1. The number of primary amides is 1. The van der Waals surface area contributed by atoms with Gasteiger partial charge in [-0.3, -0.25) is 9.69 Å². The molecule has 12 nitrogen and oxygen atoms in total. The first kappa shape index (κ1) is 19.8. The van der Waals surface area contributed by atoms with Crippen molar-refractivity contribution in [3.63, 3.8) is 0 Å². The van der Waals surface area contributed by atoms with Crippen molar-refractivity contribution < 1.29 is 14.3 Å². The molecule has 4 rings (SSSR count). The van der Waals surface area contributed by atoms with Crippen LogP contribution in [0, 0.1) is 0 Å². The molecule has 158 valence electrons. The van der Waals surface area contributed by atoms with Gasteiger partial charge in [0.25, 0.3) is 0 Å². The zero-order chi connectivity index (χ0) is 21.1. The Labute approximate surface area is 172 Å². The number of nitrogens with zero attached hydrogens (tertiary/aromatic N) is 6. The maximum atomic E-state index is 12.7. The summed E-state index contributed by atoms with van der Waals surface area (Å²) in [6, 6.07) is -0.332. The lowest BCUT2D eigenvalue weighted by molar-refractivity contribution is -0.117. The Kier molecular flexibility index (Phi) is 5.57. The molecule has 0 radical (unpaired) electrons. The van der Waals surface area contributed by atoms with Crippen molar-refractivity contribution in [2.45, 2.75) is 12.8 Å². The zero-order valence-corrected chi connectivity index (χ0v) is 16.4. The van der Waals surface area contributed by atoms with Crippen LogP contribution in [0.15, 0.2) is 12.4 Å². The van der Waals surface area contributed by atoms with Crippen LogP contribution in [0.3, 0.4) is 0 Å². The number of ether oxygens (including phenoxy) is 1. The molecule has 0 aliphatic carbocycles. The fourth-order valence-electron chi connectivity index (χ4n) is 3.43. The molecule has 4 heterocycles. The van der Waals surface area contributed by atoms with Crippen molar-refractivity contribution in [2.24, 2.45) is 5.73 Å². The average Bonchev–Trinajstić information content (AvgIpc) is 3.18.